The largest absolute Gasteiger partial charge is 0.452 e. The van der Waals surface area contributed by atoms with Gasteiger partial charge in [-0.3, -0.25) is 0 Å². The van der Waals surface area contributed by atoms with Crippen molar-refractivity contribution in [2.75, 3.05) is 13.2 Å². The van der Waals surface area contributed by atoms with Crippen molar-refractivity contribution in [2.45, 2.75) is 12.2 Å². The van der Waals surface area contributed by atoms with Crippen molar-refractivity contribution in [3.05, 3.63) is 11.6 Å². The van der Waals surface area contributed by atoms with Crippen LogP contribution in [0.15, 0.2) is 11.6 Å². The summed E-state index contributed by atoms with van der Waals surface area (Å²) in [5.41, 5.74) is 0.227. The summed E-state index contributed by atoms with van der Waals surface area (Å²) in [6.45, 7) is -0.867. The van der Waals surface area contributed by atoms with Crippen molar-refractivity contribution in [1.82, 2.24) is 0 Å². The van der Waals surface area contributed by atoms with Crippen LogP contribution in [0.2, 0.25) is 0 Å². The molecule has 1 heterocycles. The summed E-state index contributed by atoms with van der Waals surface area (Å²) in [7, 11) is 0. The average Bonchev–Trinajstić information content (AvgIpc) is 2.45. The Morgan fingerprint density at radius 3 is 2.75 bits per heavy atom. The average molecular weight is 174 g/mol. The van der Waals surface area contributed by atoms with Crippen molar-refractivity contribution >= 4 is 5.97 Å². The third kappa shape index (κ3) is 1.63. The second-order valence-electron chi connectivity index (χ2n) is 2.45. The maximum atomic E-state index is 10.6. The van der Waals surface area contributed by atoms with Crippen LogP contribution in [0.4, 0.5) is 0 Å². The summed E-state index contributed by atoms with van der Waals surface area (Å²) in [5.74, 6) is -0.600. The van der Waals surface area contributed by atoms with E-state index in [0.29, 0.717) is 0 Å². The van der Waals surface area contributed by atoms with Crippen molar-refractivity contribution in [1.29, 1.82) is 0 Å². The highest BCUT2D eigenvalue weighted by Gasteiger charge is 2.29. The van der Waals surface area contributed by atoms with Gasteiger partial charge in [-0.25, -0.2) is 4.79 Å². The lowest BCUT2D eigenvalue weighted by Crippen LogP contribution is -2.26. The van der Waals surface area contributed by atoms with Crippen molar-refractivity contribution in [3.8, 4) is 0 Å². The van der Waals surface area contributed by atoms with Gasteiger partial charge in [-0.1, -0.05) is 0 Å². The number of hydrogen-bond donors (Lipinski definition) is 3. The second kappa shape index (κ2) is 3.66. The maximum Gasteiger partial charge on any atom is 0.331 e. The van der Waals surface area contributed by atoms with E-state index in [1.54, 1.807) is 0 Å². The van der Waals surface area contributed by atoms with E-state index >= 15 is 0 Å². The van der Waals surface area contributed by atoms with Gasteiger partial charge in [0.1, 0.15) is 12.2 Å². The lowest BCUT2D eigenvalue weighted by molar-refractivity contribution is -0.140. The molecule has 0 radical (unpaired) electrons. The molecule has 1 rings (SSSR count). The van der Waals surface area contributed by atoms with Gasteiger partial charge in [-0.15, -0.1) is 0 Å². The van der Waals surface area contributed by atoms with Crippen LogP contribution in [0.5, 0.6) is 0 Å². The number of carbonyl (C=O) groups is 1. The minimum absolute atomic E-state index is 0.227. The molecule has 0 unspecified atom stereocenters. The number of aliphatic hydroxyl groups excluding tert-OH is 3. The Labute approximate surface area is 68.9 Å². The quantitative estimate of drug-likeness (QED) is 0.439. The van der Waals surface area contributed by atoms with Crippen LogP contribution < -0.4 is 0 Å². The minimum atomic E-state index is -1.13. The lowest BCUT2D eigenvalue weighted by atomic mass is 10.1. The zero-order valence-corrected chi connectivity index (χ0v) is 6.30. The smallest absolute Gasteiger partial charge is 0.331 e. The summed E-state index contributed by atoms with van der Waals surface area (Å²) in [4.78, 5) is 10.6. The molecule has 12 heavy (non-hydrogen) atoms. The van der Waals surface area contributed by atoms with Gasteiger partial charge in [-0.05, 0) is 0 Å². The van der Waals surface area contributed by atoms with Crippen molar-refractivity contribution < 1.29 is 24.9 Å². The second-order valence-corrected chi connectivity index (χ2v) is 2.45. The standard InChI is InChI=1S/C7H10O5/c8-2-5(10)4-1-7(11)12-6(4)3-9/h1,5-6,8-10H,2-3H2/t5-,6-/m0/s1. The molecular formula is C7H10O5. The van der Waals surface area contributed by atoms with E-state index in [1.165, 1.54) is 0 Å². The summed E-state index contributed by atoms with van der Waals surface area (Å²) < 4.78 is 4.59. The molecule has 0 bridgehead atoms. The number of hydrogen-bond acceptors (Lipinski definition) is 5. The molecule has 1 aliphatic heterocycles. The Morgan fingerprint density at radius 1 is 1.58 bits per heavy atom. The van der Waals surface area contributed by atoms with Crippen molar-refractivity contribution in [2.24, 2.45) is 0 Å². The molecule has 5 nitrogen and oxygen atoms in total. The molecule has 0 amide bonds. The van der Waals surface area contributed by atoms with Crippen molar-refractivity contribution in [3.63, 3.8) is 0 Å². The van der Waals surface area contributed by atoms with Crippen LogP contribution in [-0.2, 0) is 9.53 Å². The molecule has 0 saturated heterocycles. The normalized spacial score (nSPS) is 25.1. The first-order valence-electron chi connectivity index (χ1n) is 3.51. The number of carbonyl (C=O) groups excluding carboxylic acids is 1. The Bertz CT molecular complexity index is 210. The first kappa shape index (κ1) is 9.18. The first-order valence-corrected chi connectivity index (χ1v) is 3.51. The molecule has 0 aromatic rings. The minimum Gasteiger partial charge on any atom is -0.452 e. The molecule has 0 aliphatic carbocycles. The number of aliphatic hydroxyl groups is 3. The summed E-state index contributed by atoms with van der Waals surface area (Å²) >= 11 is 0. The molecule has 0 spiro atoms. The molecule has 68 valence electrons. The molecule has 5 heteroatoms. The zero-order chi connectivity index (χ0) is 9.14. The fourth-order valence-corrected chi connectivity index (χ4v) is 1.03. The van der Waals surface area contributed by atoms with Crippen LogP contribution >= 0.6 is 0 Å². The lowest BCUT2D eigenvalue weighted by Gasteiger charge is -2.14. The van der Waals surface area contributed by atoms with E-state index in [1.807, 2.05) is 0 Å². The van der Waals surface area contributed by atoms with Gasteiger partial charge in [0.2, 0.25) is 0 Å². The van der Waals surface area contributed by atoms with E-state index in [-0.39, 0.29) is 12.2 Å². The number of esters is 1. The molecule has 0 aromatic heterocycles. The van der Waals surface area contributed by atoms with Crippen LogP contribution in [0.1, 0.15) is 0 Å². The molecule has 0 saturated carbocycles. The Hall–Kier alpha value is -0.910. The Morgan fingerprint density at radius 2 is 2.25 bits per heavy atom. The van der Waals surface area contributed by atoms with Gasteiger partial charge in [0.05, 0.1) is 13.2 Å². The fraction of sp³-hybridized carbons (Fsp3) is 0.571. The number of rotatable bonds is 3. The van der Waals surface area contributed by atoms with Crippen LogP contribution in [-0.4, -0.2) is 46.7 Å². The highest BCUT2D eigenvalue weighted by Crippen LogP contribution is 2.18. The Kier molecular flexibility index (Phi) is 2.80. The molecular weight excluding hydrogens is 164 g/mol. The van der Waals surface area contributed by atoms with Gasteiger partial charge in [-0.2, -0.15) is 0 Å². The highest BCUT2D eigenvalue weighted by atomic mass is 16.6. The summed E-state index contributed by atoms with van der Waals surface area (Å²) in [6.07, 6.45) is -0.852. The van der Waals surface area contributed by atoms with Gasteiger partial charge in [0.15, 0.2) is 0 Å². The number of cyclic esters (lactones) is 1. The van der Waals surface area contributed by atoms with Crippen LogP contribution in [0, 0.1) is 0 Å². The van der Waals surface area contributed by atoms with E-state index in [2.05, 4.69) is 4.74 Å². The van der Waals surface area contributed by atoms with Gasteiger partial charge in [0, 0.05) is 11.6 Å². The molecule has 1 aliphatic rings. The zero-order valence-electron chi connectivity index (χ0n) is 6.30. The SMILES string of the molecule is O=C1C=C([C@@H](O)CO)[C@H](CO)O1. The summed E-state index contributed by atoms with van der Waals surface area (Å²) in [6, 6.07) is 0. The predicted molar refractivity (Wildman–Crippen MR) is 38.1 cm³/mol. The van der Waals surface area contributed by atoms with Gasteiger partial charge < -0.3 is 20.1 Å². The third-order valence-corrected chi connectivity index (χ3v) is 1.64. The van der Waals surface area contributed by atoms with E-state index in [4.69, 9.17) is 15.3 Å². The Balaban J connectivity index is 2.72. The van der Waals surface area contributed by atoms with Gasteiger partial charge in [0.25, 0.3) is 0 Å². The third-order valence-electron chi connectivity index (χ3n) is 1.64. The van der Waals surface area contributed by atoms with Gasteiger partial charge >= 0.3 is 5.97 Å². The number of ether oxygens (including phenoxy) is 1. The first-order chi connectivity index (χ1) is 5.69. The topological polar surface area (TPSA) is 87.0 Å². The summed E-state index contributed by atoms with van der Waals surface area (Å²) in [5, 5.41) is 26.4. The van der Waals surface area contributed by atoms with Crippen LogP contribution in [0.25, 0.3) is 0 Å². The van der Waals surface area contributed by atoms with E-state index in [9.17, 15) is 4.79 Å². The van der Waals surface area contributed by atoms with Crippen LogP contribution in [0.3, 0.4) is 0 Å². The predicted octanol–water partition coefficient (Wildman–Crippen LogP) is -1.82. The van der Waals surface area contributed by atoms with E-state index in [0.717, 1.165) is 6.08 Å². The monoisotopic (exact) mass is 174 g/mol. The molecule has 0 aromatic carbocycles. The van der Waals surface area contributed by atoms with E-state index < -0.39 is 24.8 Å². The molecule has 3 N–H and O–H groups in total. The fourth-order valence-electron chi connectivity index (χ4n) is 1.03. The molecule has 2 atom stereocenters. The maximum absolute atomic E-state index is 10.6. The molecule has 0 fully saturated rings. The highest BCUT2D eigenvalue weighted by molar-refractivity contribution is 5.86.